The summed E-state index contributed by atoms with van der Waals surface area (Å²) >= 11 is 0. The van der Waals surface area contributed by atoms with Gasteiger partial charge in [-0.15, -0.1) is 0 Å². The fourth-order valence-corrected chi connectivity index (χ4v) is 0.635. The Hall–Kier alpha value is -1.45. The summed E-state index contributed by atoms with van der Waals surface area (Å²) in [5.74, 6) is -1.94. The van der Waals surface area contributed by atoms with Crippen LogP contribution in [0.5, 0.6) is 0 Å². The molecule has 11 heavy (non-hydrogen) atoms. The van der Waals surface area contributed by atoms with Crippen molar-refractivity contribution in [3.05, 3.63) is 35.6 Å². The molecule has 1 rings (SSSR count). The lowest BCUT2D eigenvalue weighted by Crippen LogP contribution is -1.98. The van der Waals surface area contributed by atoms with Crippen LogP contribution in [0.4, 0.5) is 9.09 Å². The highest BCUT2D eigenvalue weighted by atomic mass is 19.1. The summed E-state index contributed by atoms with van der Waals surface area (Å²) in [6.07, 6.45) is 0. The molecule has 0 amide bonds. The van der Waals surface area contributed by atoms with Gasteiger partial charge in [-0.1, -0.05) is 12.1 Å². The van der Waals surface area contributed by atoms with Crippen LogP contribution in [0.25, 0.3) is 0 Å². The van der Waals surface area contributed by atoms with E-state index in [2.05, 4.69) is 0 Å². The fourth-order valence-electron chi connectivity index (χ4n) is 0.635. The largest absolute Gasteiger partial charge is 0.478 e. The molecule has 0 saturated carbocycles. The number of hydrogen-bond donors (Lipinski definition) is 1. The van der Waals surface area contributed by atoms with Crippen LogP contribution in [0.2, 0.25) is 0 Å². The number of hydrogen-bond acceptors (Lipinski definition) is 1. The first kappa shape index (κ1) is 9.55. The quantitative estimate of drug-likeness (QED) is 0.678. The molecule has 0 aliphatic heterocycles. The molecule has 1 aromatic rings. The summed E-state index contributed by atoms with van der Waals surface area (Å²) in [6.45, 7) is 0. The Morgan fingerprint density at radius 1 is 1.36 bits per heavy atom. The molecule has 0 aromatic heterocycles. The average Bonchev–Trinajstić information content (AvgIpc) is 1.88. The first-order valence-electron chi connectivity index (χ1n) is 2.69. The summed E-state index contributed by atoms with van der Waals surface area (Å²) < 4.78 is 12.5. The molecule has 0 radical (unpaired) electrons. The molecule has 0 fully saturated rings. The third-order valence-corrected chi connectivity index (χ3v) is 1.10. The maximum Gasteiger partial charge on any atom is 0.338 e. The van der Waals surface area contributed by atoms with E-state index in [0.29, 0.717) is 0 Å². The smallest absolute Gasteiger partial charge is 0.338 e. The van der Waals surface area contributed by atoms with Crippen molar-refractivity contribution in [2.45, 2.75) is 0 Å². The first-order chi connectivity index (χ1) is 4.72. The summed E-state index contributed by atoms with van der Waals surface area (Å²) in [4.78, 5) is 10.2. The molecule has 0 atom stereocenters. The van der Waals surface area contributed by atoms with E-state index in [1.54, 1.807) is 0 Å². The second-order valence-electron chi connectivity index (χ2n) is 1.78. The minimum absolute atomic E-state index is 0. The lowest BCUT2D eigenvalue weighted by molar-refractivity contribution is 0.0692. The zero-order valence-corrected chi connectivity index (χ0v) is 5.45. The average molecular weight is 160 g/mol. The van der Waals surface area contributed by atoms with Crippen molar-refractivity contribution in [1.82, 2.24) is 0 Å². The minimum Gasteiger partial charge on any atom is -0.478 e. The molecule has 0 bridgehead atoms. The van der Waals surface area contributed by atoms with Gasteiger partial charge in [-0.3, -0.25) is 4.70 Å². The van der Waals surface area contributed by atoms with Crippen LogP contribution in [0.1, 0.15) is 10.4 Å². The molecule has 60 valence electrons. The molecule has 1 aromatic carbocycles. The maximum atomic E-state index is 12.5. The molecule has 0 spiro atoms. The molecule has 0 aliphatic carbocycles. The van der Waals surface area contributed by atoms with Crippen LogP contribution in [-0.4, -0.2) is 11.1 Å². The van der Waals surface area contributed by atoms with Gasteiger partial charge in [0.15, 0.2) is 0 Å². The van der Waals surface area contributed by atoms with Gasteiger partial charge in [-0.25, -0.2) is 9.18 Å². The number of aromatic carboxylic acids is 1. The number of carboxylic acid groups (broad SMARTS) is 1. The molecule has 1 N–H and O–H groups in total. The van der Waals surface area contributed by atoms with Crippen molar-refractivity contribution in [3.8, 4) is 0 Å². The topological polar surface area (TPSA) is 37.3 Å². The van der Waals surface area contributed by atoms with E-state index in [1.807, 2.05) is 0 Å². The normalized spacial score (nSPS) is 8.45. The van der Waals surface area contributed by atoms with Gasteiger partial charge in [0.05, 0.1) is 5.56 Å². The number of carboxylic acids is 1. The molecular weight excluding hydrogens is 154 g/mol. The van der Waals surface area contributed by atoms with Gasteiger partial charge in [-0.05, 0) is 12.1 Å². The van der Waals surface area contributed by atoms with Gasteiger partial charge in [0, 0.05) is 0 Å². The van der Waals surface area contributed by atoms with Gasteiger partial charge in [0.1, 0.15) is 5.82 Å². The van der Waals surface area contributed by atoms with E-state index in [1.165, 1.54) is 18.2 Å². The van der Waals surface area contributed by atoms with Gasteiger partial charge in [0.25, 0.3) is 0 Å². The van der Waals surface area contributed by atoms with Crippen molar-refractivity contribution in [2.24, 2.45) is 0 Å². The number of carbonyl (C=O) groups is 1. The molecule has 0 heterocycles. The lowest BCUT2D eigenvalue weighted by Gasteiger charge is -1.92. The molecule has 4 heteroatoms. The van der Waals surface area contributed by atoms with Crippen LogP contribution < -0.4 is 0 Å². The van der Waals surface area contributed by atoms with E-state index in [9.17, 15) is 9.18 Å². The van der Waals surface area contributed by atoms with Crippen LogP contribution in [0.15, 0.2) is 24.3 Å². The Morgan fingerprint density at radius 3 is 2.27 bits per heavy atom. The number of rotatable bonds is 1. The van der Waals surface area contributed by atoms with Gasteiger partial charge in [0.2, 0.25) is 0 Å². The van der Waals surface area contributed by atoms with Crippen molar-refractivity contribution >= 4 is 5.97 Å². The Morgan fingerprint density at radius 2 is 1.91 bits per heavy atom. The highest BCUT2D eigenvalue weighted by Gasteiger charge is 2.06. The third kappa shape index (κ3) is 2.00. The van der Waals surface area contributed by atoms with Crippen molar-refractivity contribution < 1.29 is 19.0 Å². The SMILES string of the molecule is F.O=C(O)c1ccccc1F. The van der Waals surface area contributed by atoms with E-state index < -0.39 is 11.8 Å². The predicted molar refractivity (Wildman–Crippen MR) is 35.9 cm³/mol. The third-order valence-electron chi connectivity index (χ3n) is 1.10. The Balaban J connectivity index is 0.000001000. The van der Waals surface area contributed by atoms with Gasteiger partial charge >= 0.3 is 5.97 Å². The van der Waals surface area contributed by atoms with Crippen LogP contribution in [0, 0.1) is 5.82 Å². The summed E-state index contributed by atoms with van der Waals surface area (Å²) in [6, 6.07) is 5.26. The Kier molecular flexibility index (Phi) is 3.17. The maximum absolute atomic E-state index is 12.5. The van der Waals surface area contributed by atoms with E-state index in [0.717, 1.165) is 6.07 Å². The van der Waals surface area contributed by atoms with Crippen molar-refractivity contribution in [1.29, 1.82) is 0 Å². The van der Waals surface area contributed by atoms with E-state index in [4.69, 9.17) is 5.11 Å². The Labute approximate surface area is 61.6 Å². The molecule has 0 unspecified atom stereocenters. The summed E-state index contributed by atoms with van der Waals surface area (Å²) in [5.41, 5.74) is -0.289. The van der Waals surface area contributed by atoms with Crippen LogP contribution >= 0.6 is 0 Å². The van der Waals surface area contributed by atoms with Crippen molar-refractivity contribution in [2.75, 3.05) is 0 Å². The minimum atomic E-state index is -1.24. The fraction of sp³-hybridized carbons (Fsp3) is 0. The monoisotopic (exact) mass is 160 g/mol. The lowest BCUT2D eigenvalue weighted by atomic mass is 10.2. The highest BCUT2D eigenvalue weighted by molar-refractivity contribution is 5.87. The summed E-state index contributed by atoms with van der Waals surface area (Å²) in [7, 11) is 0. The first-order valence-corrected chi connectivity index (χ1v) is 2.69. The second kappa shape index (κ2) is 3.65. The number of benzene rings is 1. The summed E-state index contributed by atoms with van der Waals surface area (Å²) in [5, 5.41) is 8.33. The Bertz CT molecular complexity index is 260. The van der Waals surface area contributed by atoms with Gasteiger partial charge in [-0.2, -0.15) is 0 Å². The predicted octanol–water partition coefficient (Wildman–Crippen LogP) is 1.68. The van der Waals surface area contributed by atoms with Gasteiger partial charge < -0.3 is 5.11 Å². The number of halogens is 2. The zero-order chi connectivity index (χ0) is 7.56. The van der Waals surface area contributed by atoms with Crippen LogP contribution in [0.3, 0.4) is 0 Å². The highest BCUT2D eigenvalue weighted by Crippen LogP contribution is 2.04. The zero-order valence-electron chi connectivity index (χ0n) is 5.45. The van der Waals surface area contributed by atoms with Crippen LogP contribution in [-0.2, 0) is 0 Å². The molecule has 0 saturated heterocycles. The second-order valence-corrected chi connectivity index (χ2v) is 1.78. The molecule has 0 aliphatic rings. The molecule has 2 nitrogen and oxygen atoms in total. The standard InChI is InChI=1S/C7H5FO2.FH/c8-6-4-2-1-3-5(6)7(9)10;/h1-4H,(H,9,10);1H. The van der Waals surface area contributed by atoms with E-state index >= 15 is 0 Å². The van der Waals surface area contributed by atoms with Crippen molar-refractivity contribution in [3.63, 3.8) is 0 Å². The molecular formula is C7H6F2O2. The van der Waals surface area contributed by atoms with E-state index in [-0.39, 0.29) is 10.3 Å².